The summed E-state index contributed by atoms with van der Waals surface area (Å²) < 4.78 is 14.5. The molecule has 0 bridgehead atoms. The lowest BCUT2D eigenvalue weighted by molar-refractivity contribution is -0.120. The molecule has 9 heteroatoms. The zero-order valence-corrected chi connectivity index (χ0v) is 17.4. The quantitative estimate of drug-likeness (QED) is 0.740. The van der Waals surface area contributed by atoms with Crippen LogP contribution in [0.15, 0.2) is 36.4 Å². The Morgan fingerprint density at radius 1 is 1.13 bits per heavy atom. The van der Waals surface area contributed by atoms with E-state index in [0.717, 1.165) is 0 Å². The summed E-state index contributed by atoms with van der Waals surface area (Å²) >= 11 is 4.59. The maximum Gasteiger partial charge on any atom is 0.254 e. The summed E-state index contributed by atoms with van der Waals surface area (Å²) in [5.74, 6) is -1.59. The number of thiol groups is 1. The molecular weight excluding hydrogens is 405 g/mol. The van der Waals surface area contributed by atoms with Gasteiger partial charge in [0.2, 0.25) is 0 Å². The molecule has 1 unspecified atom stereocenters. The lowest BCUT2D eigenvalue weighted by atomic mass is 10.0. The minimum atomic E-state index is -1.09. The van der Waals surface area contributed by atoms with Crippen LogP contribution in [0.2, 0.25) is 0 Å². The smallest absolute Gasteiger partial charge is 0.254 e. The largest absolute Gasteiger partial charge is 0.355 e. The normalized spacial score (nSPS) is 17.4. The van der Waals surface area contributed by atoms with E-state index in [0.29, 0.717) is 11.4 Å². The number of hydrogen-bond donors (Lipinski definition) is 2. The molecule has 7 nitrogen and oxygen atoms in total. The van der Waals surface area contributed by atoms with Crippen molar-refractivity contribution in [1.82, 2.24) is 5.32 Å². The average molecular weight is 423 g/mol. The molecule has 1 atom stereocenters. The molecular formula is C21H18FN5O2S. The minimum absolute atomic E-state index is 0.108. The zero-order chi connectivity index (χ0) is 22.2. The van der Waals surface area contributed by atoms with Gasteiger partial charge in [0.25, 0.3) is 11.8 Å². The molecule has 2 amide bonds. The molecule has 2 aromatic rings. The van der Waals surface area contributed by atoms with E-state index >= 15 is 0 Å². The molecule has 2 aromatic carbocycles. The zero-order valence-electron chi connectivity index (χ0n) is 16.5. The van der Waals surface area contributed by atoms with Crippen molar-refractivity contribution in [3.63, 3.8) is 0 Å². The molecule has 3 rings (SSSR count). The van der Waals surface area contributed by atoms with Gasteiger partial charge in [-0.25, -0.2) is 4.39 Å². The van der Waals surface area contributed by atoms with Crippen LogP contribution in [-0.2, 0) is 4.79 Å². The van der Waals surface area contributed by atoms with Crippen LogP contribution < -0.4 is 15.1 Å². The Labute approximate surface area is 178 Å². The highest BCUT2D eigenvalue weighted by Crippen LogP contribution is 2.40. The summed E-state index contributed by atoms with van der Waals surface area (Å²) in [7, 11) is 1.41. The van der Waals surface area contributed by atoms with E-state index in [2.05, 4.69) is 17.9 Å². The fraction of sp³-hybridized carbons (Fsp3) is 0.238. The van der Waals surface area contributed by atoms with Crippen LogP contribution in [0.3, 0.4) is 0 Å². The van der Waals surface area contributed by atoms with Crippen molar-refractivity contribution in [2.75, 3.05) is 16.8 Å². The third kappa shape index (κ3) is 3.23. The fourth-order valence-electron chi connectivity index (χ4n) is 3.46. The van der Waals surface area contributed by atoms with Gasteiger partial charge in [0.1, 0.15) is 23.5 Å². The number of amides is 2. The predicted octanol–water partition coefficient (Wildman–Crippen LogP) is 2.77. The second-order valence-corrected chi connectivity index (χ2v) is 7.61. The number of hydrogen-bond acceptors (Lipinski definition) is 6. The Morgan fingerprint density at radius 2 is 1.77 bits per heavy atom. The Hall–Kier alpha value is -3.56. The van der Waals surface area contributed by atoms with Crippen molar-refractivity contribution in [1.29, 1.82) is 10.5 Å². The van der Waals surface area contributed by atoms with Gasteiger partial charge in [0.05, 0.1) is 16.7 Å². The lowest BCUT2D eigenvalue weighted by Crippen LogP contribution is -2.45. The first kappa shape index (κ1) is 21.2. The Bertz CT molecular complexity index is 1140. The van der Waals surface area contributed by atoms with Gasteiger partial charge in [-0.15, -0.1) is 12.6 Å². The number of anilines is 2. The summed E-state index contributed by atoms with van der Waals surface area (Å²) in [6, 6.07) is 12.5. The number of rotatable bonds is 3. The van der Waals surface area contributed by atoms with Crippen LogP contribution in [0.1, 0.15) is 35.3 Å². The van der Waals surface area contributed by atoms with Gasteiger partial charge in [-0.3, -0.25) is 14.5 Å². The number of nitrogens with zero attached hydrogens (tertiary/aromatic N) is 4. The fourth-order valence-corrected chi connectivity index (χ4v) is 4.12. The molecule has 152 valence electrons. The molecule has 0 aliphatic carbocycles. The first-order valence-electron chi connectivity index (χ1n) is 8.94. The monoisotopic (exact) mass is 423 g/mol. The second kappa shape index (κ2) is 7.69. The van der Waals surface area contributed by atoms with Crippen molar-refractivity contribution in [3.05, 3.63) is 58.9 Å². The molecule has 0 saturated carbocycles. The van der Waals surface area contributed by atoms with Gasteiger partial charge in [-0.2, -0.15) is 10.5 Å². The maximum absolute atomic E-state index is 14.5. The molecule has 1 N–H and O–H groups in total. The maximum atomic E-state index is 14.5. The van der Waals surface area contributed by atoms with Crippen LogP contribution in [0, 0.1) is 28.5 Å². The summed E-state index contributed by atoms with van der Waals surface area (Å²) in [5, 5.41) is 20.8. The van der Waals surface area contributed by atoms with Gasteiger partial charge in [-0.05, 0) is 50.2 Å². The van der Waals surface area contributed by atoms with Crippen LogP contribution in [0.5, 0.6) is 0 Å². The predicted molar refractivity (Wildman–Crippen MR) is 112 cm³/mol. The molecule has 0 spiro atoms. The first-order valence-corrected chi connectivity index (χ1v) is 9.46. The average Bonchev–Trinajstić information content (AvgIpc) is 2.90. The molecule has 0 aromatic heterocycles. The summed E-state index contributed by atoms with van der Waals surface area (Å²) in [6.45, 7) is 3.36. The topological polar surface area (TPSA) is 100 Å². The standard InChI is InChI=1S/C21H18FN5O2S/c1-21(2)19(29)26(14-5-4-12(10-23)13(8-14)11-24)20(30)27(21)15-6-7-16(17(22)9-15)18(28)25-3/h4-9,20,30H,1-3H3,(H,25,28). The first-order chi connectivity index (χ1) is 14.2. The Morgan fingerprint density at radius 3 is 2.33 bits per heavy atom. The van der Waals surface area contributed by atoms with Crippen molar-refractivity contribution < 1.29 is 14.0 Å². The van der Waals surface area contributed by atoms with Crippen molar-refractivity contribution in [3.8, 4) is 12.1 Å². The number of nitrogens with one attached hydrogen (secondary N) is 1. The molecule has 0 radical (unpaired) electrons. The minimum Gasteiger partial charge on any atom is -0.355 e. The number of carbonyl (C=O) groups excluding carboxylic acids is 2. The van der Waals surface area contributed by atoms with Gasteiger partial charge < -0.3 is 10.2 Å². The third-order valence-electron chi connectivity index (χ3n) is 5.03. The SMILES string of the molecule is CNC(=O)c1ccc(N2C(S)N(c3ccc(C#N)c(C#N)c3)C(=O)C2(C)C)cc1F. The highest BCUT2D eigenvalue weighted by atomic mass is 32.1. The molecule has 1 heterocycles. The van der Waals surface area contributed by atoms with Crippen molar-refractivity contribution >= 4 is 35.8 Å². The van der Waals surface area contributed by atoms with Gasteiger partial charge in [0.15, 0.2) is 5.50 Å². The number of halogens is 1. The van der Waals surface area contributed by atoms with E-state index in [1.54, 1.807) is 30.9 Å². The molecule has 1 fully saturated rings. The lowest BCUT2D eigenvalue weighted by Gasteiger charge is -2.33. The Kier molecular flexibility index (Phi) is 5.43. The van der Waals surface area contributed by atoms with Crippen LogP contribution >= 0.6 is 12.6 Å². The molecule has 30 heavy (non-hydrogen) atoms. The van der Waals surface area contributed by atoms with E-state index in [1.165, 1.54) is 36.2 Å². The van der Waals surface area contributed by atoms with E-state index in [1.807, 2.05) is 12.1 Å². The number of benzene rings is 2. The van der Waals surface area contributed by atoms with E-state index in [4.69, 9.17) is 5.26 Å². The van der Waals surface area contributed by atoms with E-state index < -0.39 is 22.8 Å². The highest BCUT2D eigenvalue weighted by molar-refractivity contribution is 7.81. The molecule has 1 aliphatic heterocycles. The molecule has 1 saturated heterocycles. The summed E-state index contributed by atoms with van der Waals surface area (Å²) in [5.41, 5.74) is -0.898. The third-order valence-corrected chi connectivity index (χ3v) is 5.49. The van der Waals surface area contributed by atoms with Gasteiger partial charge in [0, 0.05) is 18.4 Å². The molecule has 1 aliphatic rings. The highest BCUT2D eigenvalue weighted by Gasteiger charge is 2.51. The van der Waals surface area contributed by atoms with Crippen LogP contribution in [-0.4, -0.2) is 29.9 Å². The van der Waals surface area contributed by atoms with E-state index in [-0.39, 0.29) is 22.6 Å². The van der Waals surface area contributed by atoms with Crippen LogP contribution in [0.4, 0.5) is 15.8 Å². The van der Waals surface area contributed by atoms with Crippen LogP contribution in [0.25, 0.3) is 0 Å². The number of carbonyl (C=O) groups is 2. The van der Waals surface area contributed by atoms with E-state index in [9.17, 15) is 19.2 Å². The Balaban J connectivity index is 2.06. The van der Waals surface area contributed by atoms with Crippen molar-refractivity contribution in [2.45, 2.75) is 24.9 Å². The summed E-state index contributed by atoms with van der Waals surface area (Å²) in [4.78, 5) is 28.0. The van der Waals surface area contributed by atoms with Gasteiger partial charge in [-0.1, -0.05) is 0 Å². The summed E-state index contributed by atoms with van der Waals surface area (Å²) in [6.07, 6.45) is 0. The van der Waals surface area contributed by atoms with Crippen molar-refractivity contribution in [2.24, 2.45) is 0 Å². The number of nitriles is 2. The van der Waals surface area contributed by atoms with Gasteiger partial charge >= 0.3 is 0 Å². The second-order valence-electron chi connectivity index (χ2n) is 7.15.